The van der Waals surface area contributed by atoms with Crippen LogP contribution in [0.4, 0.5) is 0 Å². The minimum absolute atomic E-state index is 0.0825. The molecule has 0 atom stereocenters. The summed E-state index contributed by atoms with van der Waals surface area (Å²) < 4.78 is 1.12. The van der Waals surface area contributed by atoms with E-state index in [2.05, 4.69) is 45.2 Å². The third-order valence-electron chi connectivity index (χ3n) is 10.7. The summed E-state index contributed by atoms with van der Waals surface area (Å²) in [7, 11) is 1.80. The van der Waals surface area contributed by atoms with Crippen molar-refractivity contribution < 1.29 is 14.4 Å². The summed E-state index contributed by atoms with van der Waals surface area (Å²) in [5, 5.41) is 3.41. The SMILES string of the molecule is CN(CCc1c[nH]c2ccccc12)C(=O)c1ccccc1C(=O)N(CCc1c[nH]c2ccccc12)CCN1CCN(C(=O)c2cc3ccccc3s2)CC1. The number of fused-ring (bicyclic) bond motifs is 3. The molecule has 3 amide bonds. The number of carbonyl (C=O) groups is 3. The molecule has 2 N–H and O–H groups in total. The fourth-order valence-corrected chi connectivity index (χ4v) is 8.58. The van der Waals surface area contributed by atoms with Gasteiger partial charge in [-0.2, -0.15) is 0 Å². The highest BCUT2D eigenvalue weighted by atomic mass is 32.1. The first-order valence-electron chi connectivity index (χ1n) is 18.7. The van der Waals surface area contributed by atoms with E-state index >= 15 is 0 Å². The van der Waals surface area contributed by atoms with Crippen molar-refractivity contribution >= 4 is 61.0 Å². The number of para-hydroxylation sites is 2. The quantitative estimate of drug-likeness (QED) is 0.138. The largest absolute Gasteiger partial charge is 0.361 e. The topological polar surface area (TPSA) is 95.8 Å². The van der Waals surface area contributed by atoms with Gasteiger partial charge in [0.1, 0.15) is 0 Å². The first-order chi connectivity index (χ1) is 26.4. The first kappa shape index (κ1) is 35.3. The summed E-state index contributed by atoms with van der Waals surface area (Å²) in [4.78, 5) is 57.2. The van der Waals surface area contributed by atoms with Gasteiger partial charge in [0.05, 0.1) is 16.0 Å². The summed E-state index contributed by atoms with van der Waals surface area (Å²) >= 11 is 1.55. The minimum Gasteiger partial charge on any atom is -0.361 e. The fraction of sp³-hybridized carbons (Fsp3) is 0.250. The van der Waals surface area contributed by atoms with Gasteiger partial charge in [-0.05, 0) is 65.8 Å². The molecular formula is C44H44N6O3S. The average Bonchev–Trinajstić information content (AvgIpc) is 3.96. The van der Waals surface area contributed by atoms with Crippen molar-refractivity contribution in [3.63, 3.8) is 0 Å². The van der Waals surface area contributed by atoms with Crippen LogP contribution in [0.5, 0.6) is 0 Å². The van der Waals surface area contributed by atoms with Crippen molar-refractivity contribution in [2.75, 3.05) is 59.4 Å². The van der Waals surface area contributed by atoms with Gasteiger partial charge in [0.15, 0.2) is 0 Å². The van der Waals surface area contributed by atoms with Gasteiger partial charge in [0, 0.05) is 98.3 Å². The fourth-order valence-electron chi connectivity index (χ4n) is 7.55. The Morgan fingerprint density at radius 3 is 1.91 bits per heavy atom. The van der Waals surface area contributed by atoms with E-state index in [1.165, 1.54) is 0 Å². The molecule has 0 bridgehead atoms. The van der Waals surface area contributed by atoms with Crippen LogP contribution in [-0.4, -0.2) is 107 Å². The van der Waals surface area contributed by atoms with Crippen molar-refractivity contribution in [1.29, 1.82) is 0 Å². The van der Waals surface area contributed by atoms with E-state index in [0.717, 1.165) is 61.0 Å². The lowest BCUT2D eigenvalue weighted by molar-refractivity contribution is 0.0605. The minimum atomic E-state index is -0.171. The lowest BCUT2D eigenvalue weighted by Gasteiger charge is -2.35. The van der Waals surface area contributed by atoms with Crippen LogP contribution in [-0.2, 0) is 12.8 Å². The molecule has 0 aliphatic carbocycles. The van der Waals surface area contributed by atoms with E-state index in [0.29, 0.717) is 63.2 Å². The Bertz CT molecular complexity index is 2400. The van der Waals surface area contributed by atoms with Crippen LogP contribution in [0, 0.1) is 0 Å². The molecule has 1 fully saturated rings. The second kappa shape index (κ2) is 15.7. The lowest BCUT2D eigenvalue weighted by Crippen LogP contribution is -2.50. The molecule has 3 aromatic heterocycles. The maximum Gasteiger partial charge on any atom is 0.264 e. The van der Waals surface area contributed by atoms with Crippen LogP contribution < -0.4 is 0 Å². The number of rotatable bonds is 12. The molecule has 9 nitrogen and oxygen atoms in total. The number of aromatic amines is 2. The highest BCUT2D eigenvalue weighted by Crippen LogP contribution is 2.27. The molecular weight excluding hydrogens is 693 g/mol. The molecule has 10 heteroatoms. The number of nitrogens with zero attached hydrogens (tertiary/aromatic N) is 4. The van der Waals surface area contributed by atoms with Gasteiger partial charge in [0.25, 0.3) is 17.7 Å². The third kappa shape index (κ3) is 7.40. The van der Waals surface area contributed by atoms with Crippen LogP contribution in [0.25, 0.3) is 31.9 Å². The number of thiophene rings is 1. The molecule has 4 heterocycles. The maximum atomic E-state index is 14.5. The molecule has 1 aliphatic heterocycles. The van der Waals surface area contributed by atoms with Gasteiger partial charge in [-0.1, -0.05) is 66.7 Å². The summed E-state index contributed by atoms with van der Waals surface area (Å²) in [6, 6.07) is 33.7. The van der Waals surface area contributed by atoms with Gasteiger partial charge in [0.2, 0.25) is 0 Å². The molecule has 0 saturated carbocycles. The molecule has 0 unspecified atom stereocenters. The Hall–Kier alpha value is -5.71. The Kier molecular flexibility index (Phi) is 10.3. The van der Waals surface area contributed by atoms with E-state index in [-0.39, 0.29) is 17.7 Å². The van der Waals surface area contributed by atoms with Crippen LogP contribution in [0.3, 0.4) is 0 Å². The Balaban J connectivity index is 0.953. The lowest BCUT2D eigenvalue weighted by atomic mass is 10.0. The van der Waals surface area contributed by atoms with E-state index in [4.69, 9.17) is 0 Å². The number of carbonyl (C=O) groups excluding carboxylic acids is 3. The molecule has 8 rings (SSSR count). The highest BCUT2D eigenvalue weighted by molar-refractivity contribution is 7.20. The average molecular weight is 737 g/mol. The van der Waals surface area contributed by atoms with Gasteiger partial charge >= 0.3 is 0 Å². The Labute approximate surface area is 318 Å². The first-order valence-corrected chi connectivity index (χ1v) is 19.5. The van der Waals surface area contributed by atoms with Crippen molar-refractivity contribution in [3.05, 3.63) is 143 Å². The summed E-state index contributed by atoms with van der Waals surface area (Å²) in [5.41, 5.74) is 5.28. The Morgan fingerprint density at radius 1 is 0.667 bits per heavy atom. The van der Waals surface area contributed by atoms with Crippen molar-refractivity contribution in [3.8, 4) is 0 Å². The molecule has 0 radical (unpaired) electrons. The van der Waals surface area contributed by atoms with Crippen LogP contribution in [0.2, 0.25) is 0 Å². The second-order valence-corrected chi connectivity index (χ2v) is 15.1. The number of hydrogen-bond acceptors (Lipinski definition) is 5. The normalized spacial score (nSPS) is 13.5. The predicted octanol–water partition coefficient (Wildman–Crippen LogP) is 7.32. The van der Waals surface area contributed by atoms with Crippen molar-refractivity contribution in [2.24, 2.45) is 0 Å². The number of likely N-dealkylation sites (N-methyl/N-ethyl adjacent to an activating group) is 1. The van der Waals surface area contributed by atoms with Crippen molar-refractivity contribution in [2.45, 2.75) is 12.8 Å². The number of benzene rings is 4. The molecule has 4 aromatic carbocycles. The molecule has 1 saturated heterocycles. The predicted molar refractivity (Wildman–Crippen MR) is 217 cm³/mol. The molecule has 0 spiro atoms. The second-order valence-electron chi connectivity index (χ2n) is 14.1. The van der Waals surface area contributed by atoms with Crippen molar-refractivity contribution in [1.82, 2.24) is 29.6 Å². The van der Waals surface area contributed by atoms with Gasteiger partial charge in [-0.3, -0.25) is 19.3 Å². The zero-order valence-electron chi connectivity index (χ0n) is 30.5. The number of hydrogen-bond donors (Lipinski definition) is 2. The molecule has 7 aromatic rings. The maximum absolute atomic E-state index is 14.5. The summed E-state index contributed by atoms with van der Waals surface area (Å²) in [6.45, 7) is 4.94. The molecule has 1 aliphatic rings. The molecule has 274 valence electrons. The van der Waals surface area contributed by atoms with E-state index in [1.54, 1.807) is 35.4 Å². The zero-order chi connectivity index (χ0) is 37.0. The number of piperazine rings is 1. The van der Waals surface area contributed by atoms with E-state index in [9.17, 15) is 14.4 Å². The van der Waals surface area contributed by atoms with Gasteiger partial charge in [-0.15, -0.1) is 11.3 Å². The summed E-state index contributed by atoms with van der Waals surface area (Å²) in [6.07, 6.45) is 5.41. The van der Waals surface area contributed by atoms with Crippen LogP contribution in [0.1, 0.15) is 41.5 Å². The van der Waals surface area contributed by atoms with Gasteiger partial charge < -0.3 is 24.7 Å². The van der Waals surface area contributed by atoms with Gasteiger partial charge in [-0.25, -0.2) is 0 Å². The number of nitrogens with one attached hydrogen (secondary N) is 2. The smallest absolute Gasteiger partial charge is 0.264 e. The monoisotopic (exact) mass is 736 g/mol. The van der Waals surface area contributed by atoms with Crippen LogP contribution >= 0.6 is 11.3 Å². The number of H-pyrrole nitrogens is 2. The number of amides is 3. The third-order valence-corrected chi connectivity index (χ3v) is 11.8. The highest BCUT2D eigenvalue weighted by Gasteiger charge is 2.27. The summed E-state index contributed by atoms with van der Waals surface area (Å²) in [5.74, 6) is -0.240. The van der Waals surface area contributed by atoms with E-state index in [1.807, 2.05) is 82.9 Å². The zero-order valence-corrected chi connectivity index (χ0v) is 31.3. The molecule has 54 heavy (non-hydrogen) atoms. The number of aromatic nitrogens is 2. The Morgan fingerprint density at radius 2 is 1.24 bits per heavy atom. The van der Waals surface area contributed by atoms with Crippen LogP contribution in [0.15, 0.2) is 116 Å². The van der Waals surface area contributed by atoms with E-state index < -0.39 is 0 Å². The standard InChI is InChI=1S/C44H44N6O3S/c1-47(20-18-32-29-45-38-15-7-5-11-34(32)38)42(51)36-13-3-4-14-37(36)43(52)49(21-19-33-30-46-39-16-8-6-12-35(33)39)25-22-48-23-26-50(27-24-48)44(53)41-28-31-10-2-9-17-40(31)54-41/h2-17,28-30,45-46H,18-27H2,1H3.